The van der Waals surface area contributed by atoms with Crippen molar-refractivity contribution in [3.05, 3.63) is 36.5 Å². The lowest BCUT2D eigenvalue weighted by molar-refractivity contribution is -0.220. The number of rotatable bonds is 46. The summed E-state index contributed by atoms with van der Waals surface area (Å²) in [7, 11) is -5.16. The van der Waals surface area contributed by atoms with Crippen LogP contribution in [0.3, 0.4) is 0 Å². The second-order valence-corrected chi connectivity index (χ2v) is 21.0. The van der Waals surface area contributed by atoms with Crippen molar-refractivity contribution in [3.8, 4) is 0 Å². The predicted molar refractivity (Wildman–Crippen MR) is 275 cm³/mol. The number of carbonyl (C=O) groups excluding carboxylic acids is 1. The van der Waals surface area contributed by atoms with E-state index >= 15 is 0 Å². The van der Waals surface area contributed by atoms with Gasteiger partial charge in [-0.1, -0.05) is 224 Å². The fourth-order valence-corrected chi connectivity index (χ4v) is 9.71. The monoisotopic (exact) mass is 988 g/mol. The highest BCUT2D eigenvalue weighted by Crippen LogP contribution is 2.47. The minimum absolute atomic E-state index is 0.253. The lowest BCUT2D eigenvalue weighted by Crippen LogP contribution is -2.64. The van der Waals surface area contributed by atoms with Gasteiger partial charge in [0.2, 0.25) is 5.91 Å². The van der Waals surface area contributed by atoms with Crippen LogP contribution in [0.4, 0.5) is 0 Å². The first-order chi connectivity index (χ1) is 32.8. The molecule has 0 radical (unpaired) electrons. The summed E-state index contributed by atoms with van der Waals surface area (Å²) >= 11 is 0. The number of nitrogens with one attached hydrogen (secondary N) is 1. The molecular weight excluding hydrogens is 886 g/mol. The summed E-state index contributed by atoms with van der Waals surface area (Å²) in [6.07, 6.45) is 38.0. The molecule has 0 bridgehead atoms. The maximum Gasteiger partial charge on any atom is 0.472 e. The highest BCUT2D eigenvalue weighted by atomic mass is 31.2. The summed E-state index contributed by atoms with van der Waals surface area (Å²) in [4.78, 5) is 23.5. The molecule has 0 saturated heterocycles. The fraction of sp³-hybridized carbons (Fsp3) is 0.870. The van der Waals surface area contributed by atoms with Gasteiger partial charge in [-0.25, -0.2) is 4.57 Å². The van der Waals surface area contributed by atoms with E-state index in [1.165, 1.54) is 160 Å². The SMILES string of the molecule is CCCCCCCCCCCC/C=C/CC/C=C/CC/C=C/C(O)C(COP(=O)(O)OC1C(O)C(O)C(O)C(O)C1O)NC(=O)CC(O)CCCCCCCCCCCCCCCCCCCC. The van der Waals surface area contributed by atoms with E-state index in [0.29, 0.717) is 19.3 Å². The molecule has 0 spiro atoms. The topological polar surface area (TPSA) is 226 Å². The van der Waals surface area contributed by atoms with Crippen LogP contribution in [-0.4, -0.2) is 108 Å². The van der Waals surface area contributed by atoms with E-state index < -0.39 is 75.2 Å². The van der Waals surface area contributed by atoms with Crippen molar-refractivity contribution in [2.75, 3.05) is 6.61 Å². The first-order valence-corrected chi connectivity index (χ1v) is 29.0. The molecule has 0 aromatic heterocycles. The second kappa shape index (κ2) is 43.1. The van der Waals surface area contributed by atoms with E-state index in [1.54, 1.807) is 6.08 Å². The van der Waals surface area contributed by atoms with Gasteiger partial charge in [-0.2, -0.15) is 0 Å². The standard InChI is InChI=1S/C54H102NO12P/c1-3-5-7-9-11-13-15-17-19-21-23-24-26-28-30-32-34-36-38-40-42-47(57)46(44-66-68(64,65)67-54-52(62)50(60)49(59)51(61)53(54)63)55-48(58)43-45(56)41-39-37-35-33-31-29-27-25-22-20-18-16-14-12-10-8-6-4-2/h24,26,32,34,40,42,45-47,49-54,56-57,59-63H,3-23,25,27-31,33,35-39,41,43-44H2,1-2H3,(H,55,58)(H,64,65)/b26-24+,34-32+,42-40+. The Labute approximate surface area is 413 Å². The molecule has 68 heavy (non-hydrogen) atoms. The minimum atomic E-state index is -5.16. The number of unbranched alkanes of at least 4 members (excludes halogenated alkanes) is 29. The van der Waals surface area contributed by atoms with Gasteiger partial charge in [0.05, 0.1) is 31.3 Å². The molecule has 1 rings (SSSR count). The third-order valence-corrected chi connectivity index (χ3v) is 14.2. The van der Waals surface area contributed by atoms with Crippen molar-refractivity contribution in [1.82, 2.24) is 5.32 Å². The summed E-state index contributed by atoms with van der Waals surface area (Å²) in [6.45, 7) is 3.76. The number of hydrogen-bond acceptors (Lipinski definition) is 11. The Morgan fingerprint density at radius 1 is 0.515 bits per heavy atom. The van der Waals surface area contributed by atoms with Crippen molar-refractivity contribution in [1.29, 1.82) is 0 Å². The van der Waals surface area contributed by atoms with E-state index in [2.05, 4.69) is 43.5 Å². The van der Waals surface area contributed by atoms with Crippen LogP contribution in [0.15, 0.2) is 36.5 Å². The Morgan fingerprint density at radius 3 is 1.29 bits per heavy atom. The Kier molecular flexibility index (Phi) is 40.9. The van der Waals surface area contributed by atoms with Crippen molar-refractivity contribution in [2.24, 2.45) is 0 Å². The molecule has 9 N–H and O–H groups in total. The lowest BCUT2D eigenvalue weighted by atomic mass is 9.85. The van der Waals surface area contributed by atoms with Gasteiger partial charge in [0, 0.05) is 0 Å². The smallest absolute Gasteiger partial charge is 0.393 e. The average Bonchev–Trinajstić information content (AvgIpc) is 3.31. The molecule has 1 saturated carbocycles. The van der Waals surface area contributed by atoms with E-state index in [1.807, 2.05) is 0 Å². The van der Waals surface area contributed by atoms with Gasteiger partial charge < -0.3 is 46.0 Å². The molecule has 1 amide bonds. The van der Waals surface area contributed by atoms with Gasteiger partial charge in [0.1, 0.15) is 36.6 Å². The maximum absolute atomic E-state index is 13.1. The molecule has 0 aromatic rings. The molecule has 0 aliphatic heterocycles. The molecule has 0 aromatic carbocycles. The number of hydrogen-bond donors (Lipinski definition) is 9. The Balaban J connectivity index is 2.49. The second-order valence-electron chi connectivity index (χ2n) is 19.6. The van der Waals surface area contributed by atoms with Crippen molar-refractivity contribution < 1.29 is 59.0 Å². The van der Waals surface area contributed by atoms with Gasteiger partial charge in [-0.3, -0.25) is 13.8 Å². The van der Waals surface area contributed by atoms with Gasteiger partial charge in [-0.15, -0.1) is 0 Å². The quantitative estimate of drug-likeness (QED) is 0.0158. The third kappa shape index (κ3) is 34.0. The molecule has 1 aliphatic carbocycles. The summed E-state index contributed by atoms with van der Waals surface area (Å²) in [5.74, 6) is -0.603. The first-order valence-electron chi connectivity index (χ1n) is 27.5. The Hall–Kier alpha value is -1.48. The molecule has 14 heteroatoms. The summed E-state index contributed by atoms with van der Waals surface area (Å²) in [5, 5.41) is 74.7. The number of aliphatic hydroxyl groups excluding tert-OH is 7. The number of allylic oxidation sites excluding steroid dienone is 5. The number of aliphatic hydroxyl groups is 7. The fourth-order valence-electron chi connectivity index (χ4n) is 8.74. The molecular formula is C54H102NO12P. The zero-order valence-electron chi connectivity index (χ0n) is 42.8. The molecule has 8 atom stereocenters. The zero-order chi connectivity index (χ0) is 50.1. The lowest BCUT2D eigenvalue weighted by Gasteiger charge is -2.41. The predicted octanol–water partition coefficient (Wildman–Crippen LogP) is 10.9. The summed E-state index contributed by atoms with van der Waals surface area (Å²) in [5.41, 5.74) is 0. The van der Waals surface area contributed by atoms with Crippen LogP contribution in [0.5, 0.6) is 0 Å². The van der Waals surface area contributed by atoms with Gasteiger partial charge in [0.15, 0.2) is 0 Å². The van der Waals surface area contributed by atoms with Gasteiger partial charge >= 0.3 is 7.82 Å². The van der Waals surface area contributed by atoms with Gasteiger partial charge in [0.25, 0.3) is 0 Å². The number of phosphoric ester groups is 1. The van der Waals surface area contributed by atoms with Crippen molar-refractivity contribution in [3.63, 3.8) is 0 Å². The highest BCUT2D eigenvalue weighted by molar-refractivity contribution is 7.47. The van der Waals surface area contributed by atoms with E-state index in [-0.39, 0.29) is 6.42 Å². The molecule has 13 nitrogen and oxygen atoms in total. The van der Waals surface area contributed by atoms with Crippen LogP contribution in [0.1, 0.15) is 239 Å². The molecule has 8 unspecified atom stereocenters. The summed E-state index contributed by atoms with van der Waals surface area (Å²) < 4.78 is 23.0. The number of carbonyl (C=O) groups is 1. The van der Waals surface area contributed by atoms with Crippen LogP contribution in [0, 0.1) is 0 Å². The van der Waals surface area contributed by atoms with Crippen LogP contribution in [0.25, 0.3) is 0 Å². The minimum Gasteiger partial charge on any atom is -0.393 e. The normalized spacial score (nSPS) is 22.3. The Morgan fingerprint density at radius 2 is 0.868 bits per heavy atom. The molecule has 0 heterocycles. The number of amides is 1. The largest absolute Gasteiger partial charge is 0.472 e. The first kappa shape index (κ1) is 64.5. The van der Waals surface area contributed by atoms with Crippen LogP contribution < -0.4 is 5.32 Å². The Bertz CT molecular complexity index is 1300. The molecule has 1 fully saturated rings. The van der Waals surface area contributed by atoms with E-state index in [0.717, 1.165) is 44.9 Å². The van der Waals surface area contributed by atoms with Crippen LogP contribution in [0.2, 0.25) is 0 Å². The van der Waals surface area contributed by atoms with Crippen LogP contribution >= 0.6 is 7.82 Å². The summed E-state index contributed by atoms with van der Waals surface area (Å²) in [6, 6.07) is -1.26. The van der Waals surface area contributed by atoms with Gasteiger partial charge in [-0.05, 0) is 44.9 Å². The van der Waals surface area contributed by atoms with E-state index in [9.17, 15) is 50.0 Å². The third-order valence-electron chi connectivity index (χ3n) is 13.2. The molecule has 1 aliphatic rings. The van der Waals surface area contributed by atoms with E-state index in [4.69, 9.17) is 9.05 Å². The maximum atomic E-state index is 13.1. The number of phosphoric acid groups is 1. The van der Waals surface area contributed by atoms with Crippen molar-refractivity contribution >= 4 is 13.7 Å². The highest BCUT2D eigenvalue weighted by Gasteiger charge is 2.51. The average molecular weight is 988 g/mol. The van der Waals surface area contributed by atoms with Crippen LogP contribution in [-0.2, 0) is 18.4 Å². The zero-order valence-corrected chi connectivity index (χ0v) is 43.7. The molecule has 400 valence electrons. The van der Waals surface area contributed by atoms with Crippen molar-refractivity contribution in [2.45, 2.75) is 293 Å².